The molecule has 0 radical (unpaired) electrons. The van der Waals surface area contributed by atoms with Crippen molar-refractivity contribution in [3.8, 4) is 39.9 Å². The normalized spacial score (nSPS) is 11.7. The van der Waals surface area contributed by atoms with Crippen LogP contribution in [0.15, 0.2) is 170 Å². The second-order valence-electron chi connectivity index (χ2n) is 12.5. The summed E-state index contributed by atoms with van der Waals surface area (Å²) in [5, 5.41) is 9.96. The van der Waals surface area contributed by atoms with Crippen LogP contribution in [0.3, 0.4) is 0 Å². The zero-order valence-corrected chi connectivity index (χ0v) is 26.5. The lowest BCUT2D eigenvalue weighted by Gasteiger charge is -2.12. The molecule has 49 heavy (non-hydrogen) atoms. The molecule has 0 saturated carbocycles. The molecule has 0 saturated heterocycles. The van der Waals surface area contributed by atoms with Crippen LogP contribution in [0, 0.1) is 0 Å². The summed E-state index contributed by atoms with van der Waals surface area (Å²) >= 11 is 0. The Morgan fingerprint density at radius 2 is 0.714 bits per heavy atom. The standard InChI is InChI=1S/C45H28N4/c1-3-13-29(14-4-1)43-46-44(30-15-5-2-6-16-30)48-45(47-43)49-41-22-12-11-21-38(41)40-28-32(24-26-42(40)49)31-23-25-37-35-19-8-7-17-33(35)34-18-9-10-20-36(34)39(37)27-31/h1-28H. The number of rotatable bonds is 4. The Balaban J connectivity index is 1.20. The van der Waals surface area contributed by atoms with Crippen molar-refractivity contribution in [2.24, 2.45) is 0 Å². The third-order valence-electron chi connectivity index (χ3n) is 9.64. The van der Waals surface area contributed by atoms with Gasteiger partial charge in [0.2, 0.25) is 5.95 Å². The van der Waals surface area contributed by atoms with E-state index in [0.29, 0.717) is 17.6 Å². The van der Waals surface area contributed by atoms with Crippen molar-refractivity contribution < 1.29 is 0 Å². The topological polar surface area (TPSA) is 43.6 Å². The molecule has 2 heterocycles. The highest BCUT2D eigenvalue weighted by atomic mass is 15.2. The highest BCUT2D eigenvalue weighted by molar-refractivity contribution is 6.25. The molecule has 8 aromatic carbocycles. The number of hydrogen-bond donors (Lipinski definition) is 0. The predicted octanol–water partition coefficient (Wildman–Crippen LogP) is 11.4. The highest BCUT2D eigenvalue weighted by Gasteiger charge is 2.18. The second kappa shape index (κ2) is 11.0. The molecule has 0 unspecified atom stereocenters. The Bertz CT molecular complexity index is 2780. The fourth-order valence-corrected chi connectivity index (χ4v) is 7.35. The minimum absolute atomic E-state index is 0.593. The zero-order chi connectivity index (χ0) is 32.3. The van der Waals surface area contributed by atoms with Gasteiger partial charge in [0.05, 0.1) is 11.0 Å². The molecule has 0 bridgehead atoms. The van der Waals surface area contributed by atoms with Crippen molar-refractivity contribution in [2.45, 2.75) is 0 Å². The van der Waals surface area contributed by atoms with Crippen LogP contribution in [0.25, 0.3) is 94.0 Å². The summed E-state index contributed by atoms with van der Waals surface area (Å²) in [4.78, 5) is 15.1. The molecular formula is C45H28N4. The summed E-state index contributed by atoms with van der Waals surface area (Å²) in [7, 11) is 0. The quantitative estimate of drug-likeness (QED) is 0.183. The maximum atomic E-state index is 5.08. The molecule has 228 valence electrons. The lowest BCUT2D eigenvalue weighted by atomic mass is 9.92. The minimum Gasteiger partial charge on any atom is -0.278 e. The summed E-state index contributed by atoms with van der Waals surface area (Å²) in [5.41, 5.74) is 6.34. The number of fused-ring (bicyclic) bond motifs is 9. The van der Waals surface area contributed by atoms with Gasteiger partial charge in [0.15, 0.2) is 11.6 Å². The van der Waals surface area contributed by atoms with Gasteiger partial charge >= 0.3 is 0 Å². The Morgan fingerprint density at radius 1 is 0.286 bits per heavy atom. The van der Waals surface area contributed by atoms with Crippen molar-refractivity contribution in [1.82, 2.24) is 19.5 Å². The average molecular weight is 625 g/mol. The van der Waals surface area contributed by atoms with Crippen LogP contribution in [-0.2, 0) is 0 Å². The SMILES string of the molecule is c1ccc(-c2nc(-c3ccccc3)nc(-n3c4ccccc4c4cc(-c5ccc6c7ccccc7c7ccccc7c6c5)ccc43)n2)cc1. The second-order valence-corrected chi connectivity index (χ2v) is 12.5. The van der Waals surface area contributed by atoms with Gasteiger partial charge < -0.3 is 0 Å². The average Bonchev–Trinajstić information content (AvgIpc) is 3.52. The molecule has 0 fully saturated rings. The van der Waals surface area contributed by atoms with Crippen molar-refractivity contribution in [3.63, 3.8) is 0 Å². The monoisotopic (exact) mass is 624 g/mol. The predicted molar refractivity (Wildman–Crippen MR) is 203 cm³/mol. The van der Waals surface area contributed by atoms with E-state index in [1.54, 1.807) is 0 Å². The van der Waals surface area contributed by atoms with Gasteiger partial charge in [0.1, 0.15) is 0 Å². The Labute approximate surface area is 282 Å². The summed E-state index contributed by atoms with van der Waals surface area (Å²) in [6, 6.07) is 59.9. The fraction of sp³-hybridized carbons (Fsp3) is 0. The number of benzene rings is 8. The van der Waals surface area contributed by atoms with Crippen LogP contribution in [0.1, 0.15) is 0 Å². The summed E-state index contributed by atoms with van der Waals surface area (Å²) < 4.78 is 2.18. The summed E-state index contributed by atoms with van der Waals surface area (Å²) in [5.74, 6) is 1.88. The Kier molecular flexibility index (Phi) is 6.15. The van der Waals surface area contributed by atoms with E-state index in [9.17, 15) is 0 Å². The molecule has 10 aromatic rings. The number of para-hydroxylation sites is 1. The maximum Gasteiger partial charge on any atom is 0.238 e. The van der Waals surface area contributed by atoms with Crippen LogP contribution in [0.5, 0.6) is 0 Å². The number of nitrogens with zero attached hydrogens (tertiary/aromatic N) is 4. The van der Waals surface area contributed by atoms with Crippen LogP contribution in [-0.4, -0.2) is 19.5 Å². The van der Waals surface area contributed by atoms with E-state index in [1.165, 1.54) is 43.4 Å². The van der Waals surface area contributed by atoms with E-state index in [4.69, 9.17) is 15.0 Å². The van der Waals surface area contributed by atoms with Crippen molar-refractivity contribution >= 4 is 54.1 Å². The van der Waals surface area contributed by atoms with Crippen molar-refractivity contribution in [2.75, 3.05) is 0 Å². The number of hydrogen-bond acceptors (Lipinski definition) is 3. The first-order chi connectivity index (χ1) is 24.3. The van der Waals surface area contributed by atoms with Gasteiger partial charge in [-0.05, 0) is 67.7 Å². The van der Waals surface area contributed by atoms with E-state index in [-0.39, 0.29) is 0 Å². The summed E-state index contributed by atoms with van der Waals surface area (Å²) in [6.07, 6.45) is 0. The van der Waals surface area contributed by atoms with E-state index in [0.717, 1.165) is 32.9 Å². The lowest BCUT2D eigenvalue weighted by molar-refractivity contribution is 0.953. The van der Waals surface area contributed by atoms with Crippen molar-refractivity contribution in [3.05, 3.63) is 170 Å². The third-order valence-corrected chi connectivity index (χ3v) is 9.64. The van der Waals surface area contributed by atoms with Crippen LogP contribution >= 0.6 is 0 Å². The van der Waals surface area contributed by atoms with Gasteiger partial charge in [-0.1, -0.05) is 146 Å². The van der Waals surface area contributed by atoms with Crippen LogP contribution < -0.4 is 0 Å². The first-order valence-electron chi connectivity index (χ1n) is 16.5. The van der Waals surface area contributed by atoms with Gasteiger partial charge in [-0.3, -0.25) is 4.57 Å². The largest absolute Gasteiger partial charge is 0.278 e. The molecule has 4 heteroatoms. The molecule has 10 rings (SSSR count). The first-order valence-corrected chi connectivity index (χ1v) is 16.5. The van der Waals surface area contributed by atoms with Gasteiger partial charge in [0.25, 0.3) is 0 Å². The fourth-order valence-electron chi connectivity index (χ4n) is 7.35. The van der Waals surface area contributed by atoms with Gasteiger partial charge in [-0.25, -0.2) is 4.98 Å². The van der Waals surface area contributed by atoms with E-state index < -0.39 is 0 Å². The van der Waals surface area contributed by atoms with Crippen molar-refractivity contribution in [1.29, 1.82) is 0 Å². The Morgan fingerprint density at radius 3 is 1.31 bits per heavy atom. The molecule has 0 aliphatic rings. The lowest BCUT2D eigenvalue weighted by Crippen LogP contribution is -2.06. The molecule has 0 atom stereocenters. The third kappa shape index (κ3) is 4.42. The smallest absolute Gasteiger partial charge is 0.238 e. The minimum atomic E-state index is 0.593. The van der Waals surface area contributed by atoms with Crippen LogP contribution in [0.4, 0.5) is 0 Å². The van der Waals surface area contributed by atoms with Gasteiger partial charge in [0, 0.05) is 21.9 Å². The molecule has 0 aliphatic heterocycles. The molecule has 4 nitrogen and oxygen atoms in total. The highest BCUT2D eigenvalue weighted by Crippen LogP contribution is 2.39. The maximum absolute atomic E-state index is 5.08. The first kappa shape index (κ1) is 27.5. The summed E-state index contributed by atoms with van der Waals surface area (Å²) in [6.45, 7) is 0. The van der Waals surface area contributed by atoms with E-state index >= 15 is 0 Å². The molecule has 0 N–H and O–H groups in total. The molecular weight excluding hydrogens is 597 g/mol. The van der Waals surface area contributed by atoms with Gasteiger partial charge in [-0.2, -0.15) is 9.97 Å². The molecule has 0 amide bonds. The molecule has 0 spiro atoms. The molecule has 2 aromatic heterocycles. The number of aromatic nitrogens is 4. The van der Waals surface area contributed by atoms with E-state index in [2.05, 4.69) is 114 Å². The van der Waals surface area contributed by atoms with E-state index in [1.807, 2.05) is 60.7 Å². The van der Waals surface area contributed by atoms with Gasteiger partial charge in [-0.15, -0.1) is 0 Å². The van der Waals surface area contributed by atoms with Crippen LogP contribution in [0.2, 0.25) is 0 Å². The Hall–Kier alpha value is -6.65. The zero-order valence-electron chi connectivity index (χ0n) is 26.5. The molecule has 0 aliphatic carbocycles.